The van der Waals surface area contributed by atoms with Crippen LogP contribution in [0.5, 0.6) is 0 Å². The highest BCUT2D eigenvalue weighted by Crippen LogP contribution is 2.41. The fourth-order valence-corrected chi connectivity index (χ4v) is 3.79. The topological polar surface area (TPSA) is 58.6 Å². The fourth-order valence-electron chi connectivity index (χ4n) is 2.61. The van der Waals surface area contributed by atoms with Crippen LogP contribution < -0.4 is 10.2 Å². The number of anilines is 2. The summed E-state index contributed by atoms with van der Waals surface area (Å²) in [6.45, 7) is -0.00687. The lowest BCUT2D eigenvalue weighted by atomic mass is 10.1. The van der Waals surface area contributed by atoms with Crippen LogP contribution >= 0.6 is 11.8 Å². The molecule has 1 heterocycles. The Balaban J connectivity index is 1.79. The Bertz CT molecular complexity index is 765. The number of thioether (sulfide) groups is 1. The molecule has 1 N–H and O–H groups in total. The van der Waals surface area contributed by atoms with E-state index >= 15 is 0 Å². The Kier molecular flexibility index (Phi) is 5.35. The molecule has 1 fully saturated rings. The van der Waals surface area contributed by atoms with Crippen molar-refractivity contribution in [2.45, 2.75) is 5.37 Å². The van der Waals surface area contributed by atoms with Crippen LogP contribution in [0.1, 0.15) is 10.9 Å². The van der Waals surface area contributed by atoms with Gasteiger partial charge in [0, 0.05) is 18.5 Å². The zero-order valence-corrected chi connectivity index (χ0v) is 14.4. The van der Waals surface area contributed by atoms with Gasteiger partial charge in [-0.2, -0.15) is 0 Å². The minimum Gasteiger partial charge on any atom is -0.375 e. The van der Waals surface area contributed by atoms with Gasteiger partial charge in [-0.3, -0.25) is 14.5 Å². The number of nitrogens with one attached hydrogen (secondary N) is 1. The predicted molar refractivity (Wildman–Crippen MR) is 96.0 cm³/mol. The minimum atomic E-state index is -0.337. The van der Waals surface area contributed by atoms with Gasteiger partial charge in [0.15, 0.2) is 0 Å². The molecule has 0 spiro atoms. The second-order valence-corrected chi connectivity index (χ2v) is 6.58. The molecule has 1 aliphatic heterocycles. The number of carbonyl (C=O) groups is 2. The van der Waals surface area contributed by atoms with Crippen LogP contribution in [-0.4, -0.2) is 31.3 Å². The van der Waals surface area contributed by atoms with Gasteiger partial charge in [-0.25, -0.2) is 4.39 Å². The molecule has 1 unspecified atom stereocenters. The van der Waals surface area contributed by atoms with Crippen LogP contribution in [0.3, 0.4) is 0 Å². The molecule has 1 saturated heterocycles. The molecule has 130 valence electrons. The molecule has 0 aliphatic carbocycles. The molecule has 2 aromatic carbocycles. The standard InChI is InChI=1S/C18H17FN2O3S/c1-24-10-16(22)20-14-6-2-12(3-7-14)18-21(17(23)11-25-18)15-8-4-13(19)5-9-15/h2-9,18H,10-11H2,1H3,(H,20,22). The Morgan fingerprint density at radius 1 is 1.24 bits per heavy atom. The Hall–Kier alpha value is -2.38. The van der Waals surface area contributed by atoms with Gasteiger partial charge in [-0.1, -0.05) is 12.1 Å². The zero-order valence-electron chi connectivity index (χ0n) is 13.6. The molecule has 0 bridgehead atoms. The second-order valence-electron chi connectivity index (χ2n) is 5.51. The monoisotopic (exact) mass is 360 g/mol. The minimum absolute atomic E-state index is 0.00687. The molecule has 25 heavy (non-hydrogen) atoms. The number of amides is 2. The van der Waals surface area contributed by atoms with Gasteiger partial charge < -0.3 is 10.1 Å². The molecule has 5 nitrogen and oxygen atoms in total. The van der Waals surface area contributed by atoms with Crippen molar-refractivity contribution in [1.29, 1.82) is 0 Å². The summed E-state index contributed by atoms with van der Waals surface area (Å²) in [5.41, 5.74) is 2.26. The van der Waals surface area contributed by atoms with Crippen molar-refractivity contribution in [3.63, 3.8) is 0 Å². The van der Waals surface area contributed by atoms with Crippen molar-refractivity contribution >= 4 is 35.0 Å². The summed E-state index contributed by atoms with van der Waals surface area (Å²) in [7, 11) is 1.46. The number of carbonyl (C=O) groups excluding carboxylic acids is 2. The first-order valence-corrected chi connectivity index (χ1v) is 8.71. The average Bonchev–Trinajstić information content (AvgIpc) is 2.98. The van der Waals surface area contributed by atoms with Gasteiger partial charge in [0.2, 0.25) is 11.8 Å². The number of benzene rings is 2. The summed E-state index contributed by atoms with van der Waals surface area (Å²) in [5, 5.41) is 2.55. The van der Waals surface area contributed by atoms with Crippen molar-refractivity contribution in [3.8, 4) is 0 Å². The molecule has 1 aliphatic rings. The number of halogens is 1. The molecular weight excluding hydrogens is 343 g/mol. The molecule has 3 rings (SSSR count). The summed E-state index contributed by atoms with van der Waals surface area (Å²) in [6.07, 6.45) is 0. The lowest BCUT2D eigenvalue weighted by Gasteiger charge is -2.24. The van der Waals surface area contributed by atoms with Gasteiger partial charge in [-0.15, -0.1) is 11.8 Å². The molecule has 0 aromatic heterocycles. The van der Waals surface area contributed by atoms with Crippen LogP contribution in [0.4, 0.5) is 15.8 Å². The number of hydrogen-bond acceptors (Lipinski definition) is 4. The largest absolute Gasteiger partial charge is 0.375 e. The highest BCUT2D eigenvalue weighted by atomic mass is 32.2. The molecule has 1 atom stereocenters. The third-order valence-corrected chi connectivity index (χ3v) is 4.94. The highest BCUT2D eigenvalue weighted by Gasteiger charge is 2.33. The van der Waals surface area contributed by atoms with E-state index in [2.05, 4.69) is 5.32 Å². The maximum Gasteiger partial charge on any atom is 0.250 e. The van der Waals surface area contributed by atoms with Crippen molar-refractivity contribution in [3.05, 3.63) is 59.9 Å². The maximum atomic E-state index is 13.1. The summed E-state index contributed by atoms with van der Waals surface area (Å²) in [5.74, 6) is -0.211. The number of hydrogen-bond donors (Lipinski definition) is 1. The summed E-state index contributed by atoms with van der Waals surface area (Å²) < 4.78 is 17.9. The van der Waals surface area contributed by atoms with Crippen molar-refractivity contribution < 1.29 is 18.7 Å². The van der Waals surface area contributed by atoms with E-state index in [4.69, 9.17) is 4.74 Å². The van der Waals surface area contributed by atoms with E-state index < -0.39 is 0 Å². The third-order valence-electron chi connectivity index (χ3n) is 3.73. The van der Waals surface area contributed by atoms with Crippen LogP contribution in [0.25, 0.3) is 0 Å². The first-order chi connectivity index (χ1) is 12.1. The molecule has 0 saturated carbocycles. The van der Waals surface area contributed by atoms with E-state index in [1.54, 1.807) is 29.2 Å². The van der Waals surface area contributed by atoms with E-state index in [9.17, 15) is 14.0 Å². The lowest BCUT2D eigenvalue weighted by Crippen LogP contribution is -2.27. The van der Waals surface area contributed by atoms with Gasteiger partial charge in [0.25, 0.3) is 0 Å². The molecule has 2 amide bonds. The van der Waals surface area contributed by atoms with Crippen molar-refractivity contribution in [1.82, 2.24) is 0 Å². The average molecular weight is 360 g/mol. The van der Waals surface area contributed by atoms with E-state index in [1.807, 2.05) is 12.1 Å². The van der Waals surface area contributed by atoms with Crippen molar-refractivity contribution in [2.24, 2.45) is 0 Å². The first-order valence-electron chi connectivity index (χ1n) is 7.66. The van der Waals surface area contributed by atoms with Gasteiger partial charge in [0.05, 0.1) is 5.75 Å². The lowest BCUT2D eigenvalue weighted by molar-refractivity contribution is -0.119. The number of ether oxygens (including phenoxy) is 1. The second kappa shape index (κ2) is 7.67. The first kappa shape index (κ1) is 17.4. The third kappa shape index (κ3) is 4.00. The van der Waals surface area contributed by atoms with Crippen molar-refractivity contribution in [2.75, 3.05) is 29.7 Å². The van der Waals surface area contributed by atoms with E-state index in [1.165, 1.54) is 31.0 Å². The summed E-state index contributed by atoms with van der Waals surface area (Å²) in [6, 6.07) is 13.2. The van der Waals surface area contributed by atoms with E-state index in [-0.39, 0.29) is 29.6 Å². The molecule has 2 aromatic rings. The van der Waals surface area contributed by atoms with E-state index in [0.29, 0.717) is 17.1 Å². The molecule has 7 heteroatoms. The van der Waals surface area contributed by atoms with Crippen LogP contribution in [-0.2, 0) is 14.3 Å². The Morgan fingerprint density at radius 3 is 2.56 bits per heavy atom. The van der Waals surface area contributed by atoms with Crippen LogP contribution in [0.2, 0.25) is 0 Å². The summed E-state index contributed by atoms with van der Waals surface area (Å²) >= 11 is 1.51. The van der Waals surface area contributed by atoms with E-state index in [0.717, 1.165) is 5.56 Å². The zero-order chi connectivity index (χ0) is 17.8. The molecule has 0 radical (unpaired) electrons. The van der Waals surface area contributed by atoms with Gasteiger partial charge in [0.1, 0.15) is 17.8 Å². The fraction of sp³-hybridized carbons (Fsp3) is 0.222. The van der Waals surface area contributed by atoms with Crippen LogP contribution in [0.15, 0.2) is 48.5 Å². The highest BCUT2D eigenvalue weighted by molar-refractivity contribution is 8.00. The molecular formula is C18H17FN2O3S. The SMILES string of the molecule is COCC(=O)Nc1ccc(C2SCC(=O)N2c2ccc(F)cc2)cc1. The summed E-state index contributed by atoms with van der Waals surface area (Å²) in [4.78, 5) is 25.5. The number of methoxy groups -OCH3 is 1. The smallest absolute Gasteiger partial charge is 0.250 e. The normalized spacial score (nSPS) is 17.0. The van der Waals surface area contributed by atoms with Crippen LogP contribution in [0, 0.1) is 5.82 Å². The predicted octanol–water partition coefficient (Wildman–Crippen LogP) is 3.19. The quantitative estimate of drug-likeness (QED) is 0.890. The maximum absolute atomic E-state index is 13.1. The van der Waals surface area contributed by atoms with Gasteiger partial charge >= 0.3 is 0 Å². The van der Waals surface area contributed by atoms with Gasteiger partial charge in [-0.05, 0) is 42.0 Å². The Labute approximate surface area is 149 Å². The number of nitrogens with zero attached hydrogens (tertiary/aromatic N) is 1. The number of rotatable bonds is 5. The Morgan fingerprint density at radius 2 is 1.92 bits per heavy atom.